The van der Waals surface area contributed by atoms with Crippen molar-refractivity contribution in [2.24, 2.45) is 5.41 Å². The van der Waals surface area contributed by atoms with E-state index in [0.717, 1.165) is 0 Å². The first kappa shape index (κ1) is 39.5. The first-order chi connectivity index (χ1) is 24.1. The van der Waals surface area contributed by atoms with Gasteiger partial charge in [-0.05, 0) is 31.2 Å². The Bertz CT molecular complexity index is 1300. The molecule has 0 aromatic heterocycles. The number of carbonyl (C=O) groups excluding carboxylic acids is 3. The summed E-state index contributed by atoms with van der Waals surface area (Å²) < 4.78 is 27.8. The molecular formula is C31H43N7O12. The predicted molar refractivity (Wildman–Crippen MR) is 179 cm³/mol. The molecule has 50 heavy (non-hydrogen) atoms. The largest absolute Gasteiger partial charge is 0.377 e. The van der Waals surface area contributed by atoms with Crippen LogP contribution in [0.4, 0.5) is 32.3 Å². The fourth-order valence-corrected chi connectivity index (χ4v) is 4.48. The van der Waals surface area contributed by atoms with Crippen molar-refractivity contribution < 1.29 is 47.9 Å². The molecule has 3 rings (SSSR count). The number of nitrogens with zero attached hydrogens (tertiary/aromatic N) is 3. The van der Waals surface area contributed by atoms with Gasteiger partial charge in [0, 0.05) is 61.8 Å². The molecule has 0 bridgehead atoms. The van der Waals surface area contributed by atoms with Crippen molar-refractivity contribution in [3.8, 4) is 0 Å². The number of benzene rings is 2. The van der Waals surface area contributed by atoms with E-state index < -0.39 is 33.2 Å². The van der Waals surface area contributed by atoms with Crippen molar-refractivity contribution in [2.45, 2.75) is 6.92 Å². The van der Waals surface area contributed by atoms with Gasteiger partial charge in [-0.25, -0.2) is 9.59 Å². The van der Waals surface area contributed by atoms with Crippen molar-refractivity contribution >= 4 is 40.7 Å². The summed E-state index contributed by atoms with van der Waals surface area (Å²) in [4.78, 5) is 62.2. The number of nitro benzene ring substituents is 2. The van der Waals surface area contributed by atoms with Crippen LogP contribution in [-0.2, 0) is 28.5 Å². The fourth-order valence-electron chi connectivity index (χ4n) is 4.48. The molecule has 1 fully saturated rings. The molecule has 0 unspecified atom stereocenters. The van der Waals surface area contributed by atoms with Crippen molar-refractivity contribution in [3.63, 3.8) is 0 Å². The fraction of sp³-hybridized carbons (Fsp3) is 0.516. The zero-order valence-electron chi connectivity index (χ0n) is 27.8. The summed E-state index contributed by atoms with van der Waals surface area (Å²) in [6.45, 7) is 4.65. The number of non-ortho nitro benzene ring substituents is 2. The zero-order valence-corrected chi connectivity index (χ0v) is 27.8. The van der Waals surface area contributed by atoms with Gasteiger partial charge in [-0.3, -0.25) is 25.0 Å². The lowest BCUT2D eigenvalue weighted by atomic mass is 9.88. The standard InChI is InChI=1S/C31H43N7O12/c1-31(22-32-29(40)34-24-2-6-26(7-3-24)37(42)43,23-33-30(41)35-25-4-8-27(9-5-25)38(44)45)28(39)36-10-12-46-14-16-48-18-20-50-21-19-49-17-15-47-13-11-36/h2-9H,10-23H2,1H3,(H2,32,34,40)(H2,33,35,41). The molecule has 0 aliphatic carbocycles. The van der Waals surface area contributed by atoms with Gasteiger partial charge < -0.3 is 49.9 Å². The molecular weight excluding hydrogens is 662 g/mol. The molecule has 5 amide bonds. The molecule has 1 aliphatic rings. The Morgan fingerprint density at radius 3 is 1.26 bits per heavy atom. The molecule has 0 saturated carbocycles. The molecule has 0 radical (unpaired) electrons. The maximum absolute atomic E-state index is 14.2. The van der Waals surface area contributed by atoms with E-state index in [-0.39, 0.29) is 75.4 Å². The summed E-state index contributed by atoms with van der Waals surface area (Å²) in [7, 11) is 0. The van der Waals surface area contributed by atoms with E-state index in [0.29, 0.717) is 39.6 Å². The molecule has 4 N–H and O–H groups in total. The maximum atomic E-state index is 14.2. The second-order valence-corrected chi connectivity index (χ2v) is 11.1. The van der Waals surface area contributed by atoms with Gasteiger partial charge in [-0.15, -0.1) is 0 Å². The smallest absolute Gasteiger partial charge is 0.319 e. The Morgan fingerprint density at radius 2 is 0.940 bits per heavy atom. The monoisotopic (exact) mass is 705 g/mol. The van der Waals surface area contributed by atoms with E-state index in [9.17, 15) is 34.6 Å². The van der Waals surface area contributed by atoms with Crippen molar-refractivity contribution in [3.05, 3.63) is 68.8 Å². The molecule has 2 aromatic rings. The molecule has 0 atom stereocenters. The van der Waals surface area contributed by atoms with Crippen LogP contribution in [0, 0.1) is 25.6 Å². The van der Waals surface area contributed by atoms with Crippen LogP contribution < -0.4 is 21.3 Å². The highest BCUT2D eigenvalue weighted by atomic mass is 16.6. The highest BCUT2D eigenvalue weighted by Crippen LogP contribution is 2.21. The van der Waals surface area contributed by atoms with Crippen LogP contribution in [-0.4, -0.2) is 125 Å². The molecule has 2 aromatic carbocycles. The van der Waals surface area contributed by atoms with Gasteiger partial charge in [0.1, 0.15) is 0 Å². The number of amides is 5. The summed E-state index contributed by atoms with van der Waals surface area (Å²) in [6, 6.07) is 9.03. The minimum atomic E-state index is -1.40. The Morgan fingerprint density at radius 1 is 0.620 bits per heavy atom. The minimum Gasteiger partial charge on any atom is -0.377 e. The summed E-state index contributed by atoms with van der Waals surface area (Å²) in [5.74, 6) is -0.421. The number of nitro groups is 2. The topological polar surface area (TPSA) is 235 Å². The predicted octanol–water partition coefficient (Wildman–Crippen LogP) is 2.38. The average Bonchev–Trinajstić information content (AvgIpc) is 3.10. The SMILES string of the molecule is CC(CNC(=O)Nc1ccc([N+](=O)[O-])cc1)(CNC(=O)Nc1ccc([N+](=O)[O-])cc1)C(=O)N1CCOCCOCCOCCOCCOCC1. The van der Waals surface area contributed by atoms with E-state index in [1.807, 2.05) is 0 Å². The Labute approximate surface area is 288 Å². The van der Waals surface area contributed by atoms with Crippen molar-refractivity contribution in [2.75, 3.05) is 103 Å². The second-order valence-electron chi connectivity index (χ2n) is 11.1. The summed E-state index contributed by atoms with van der Waals surface area (Å²) in [5, 5.41) is 32.4. The lowest BCUT2D eigenvalue weighted by molar-refractivity contribution is -0.385. The van der Waals surface area contributed by atoms with Gasteiger partial charge in [0.15, 0.2) is 0 Å². The Hall–Kier alpha value is -4.95. The number of hydrogen-bond acceptors (Lipinski definition) is 12. The summed E-state index contributed by atoms with van der Waals surface area (Å²) in [6.07, 6.45) is 0. The molecule has 1 heterocycles. The summed E-state index contributed by atoms with van der Waals surface area (Å²) in [5.41, 5.74) is -1.13. The minimum absolute atomic E-state index is 0.149. The number of ether oxygens (including phenoxy) is 5. The van der Waals surface area contributed by atoms with Gasteiger partial charge in [-0.1, -0.05) is 0 Å². The molecule has 1 saturated heterocycles. The van der Waals surface area contributed by atoms with Crippen molar-refractivity contribution in [1.29, 1.82) is 0 Å². The van der Waals surface area contributed by atoms with Crippen LogP contribution in [0.2, 0.25) is 0 Å². The third-order valence-electron chi connectivity index (χ3n) is 7.25. The van der Waals surface area contributed by atoms with Crippen LogP contribution in [0.1, 0.15) is 6.92 Å². The lowest BCUT2D eigenvalue weighted by Crippen LogP contribution is -2.55. The van der Waals surface area contributed by atoms with Gasteiger partial charge >= 0.3 is 12.1 Å². The van der Waals surface area contributed by atoms with E-state index in [1.54, 1.807) is 6.92 Å². The number of hydrogen-bond donors (Lipinski definition) is 4. The molecule has 19 nitrogen and oxygen atoms in total. The van der Waals surface area contributed by atoms with E-state index in [2.05, 4.69) is 21.3 Å². The highest BCUT2D eigenvalue weighted by Gasteiger charge is 2.37. The Balaban J connectivity index is 1.71. The van der Waals surface area contributed by atoms with Crippen LogP contribution >= 0.6 is 0 Å². The number of anilines is 2. The van der Waals surface area contributed by atoms with Gasteiger partial charge in [0.2, 0.25) is 5.91 Å². The van der Waals surface area contributed by atoms with Gasteiger partial charge in [-0.2, -0.15) is 0 Å². The van der Waals surface area contributed by atoms with Gasteiger partial charge in [0.05, 0.1) is 81.3 Å². The third kappa shape index (κ3) is 14.3. The van der Waals surface area contributed by atoms with Crippen LogP contribution in [0.3, 0.4) is 0 Å². The van der Waals surface area contributed by atoms with Crippen LogP contribution in [0.15, 0.2) is 48.5 Å². The lowest BCUT2D eigenvalue weighted by Gasteiger charge is -2.35. The summed E-state index contributed by atoms with van der Waals surface area (Å²) >= 11 is 0. The van der Waals surface area contributed by atoms with E-state index in [4.69, 9.17) is 23.7 Å². The maximum Gasteiger partial charge on any atom is 0.319 e. The Kier molecular flexibility index (Phi) is 16.7. The molecule has 0 spiro atoms. The average molecular weight is 706 g/mol. The first-order valence-corrected chi connectivity index (χ1v) is 15.8. The first-order valence-electron chi connectivity index (χ1n) is 15.8. The zero-order chi connectivity index (χ0) is 36.2. The van der Waals surface area contributed by atoms with Gasteiger partial charge in [0.25, 0.3) is 11.4 Å². The second kappa shape index (κ2) is 21.2. The number of rotatable bonds is 9. The van der Waals surface area contributed by atoms with Crippen LogP contribution in [0.5, 0.6) is 0 Å². The molecule has 19 heteroatoms. The van der Waals surface area contributed by atoms with Crippen molar-refractivity contribution in [1.82, 2.24) is 15.5 Å². The number of urea groups is 2. The van der Waals surface area contributed by atoms with Crippen LogP contribution in [0.25, 0.3) is 0 Å². The quantitative estimate of drug-likeness (QED) is 0.217. The van der Waals surface area contributed by atoms with E-state index >= 15 is 0 Å². The highest BCUT2D eigenvalue weighted by molar-refractivity contribution is 5.92. The number of carbonyl (C=O) groups is 3. The normalized spacial score (nSPS) is 15.8. The van der Waals surface area contributed by atoms with E-state index in [1.165, 1.54) is 53.4 Å². The molecule has 274 valence electrons. The molecule has 1 aliphatic heterocycles. The number of nitrogens with one attached hydrogen (secondary N) is 4. The third-order valence-corrected chi connectivity index (χ3v) is 7.25.